The van der Waals surface area contributed by atoms with Crippen LogP contribution in [-0.2, 0) is 15.6 Å². The number of anilines is 2. The summed E-state index contributed by atoms with van der Waals surface area (Å²) in [5.41, 5.74) is 1.34. The number of rotatable bonds is 4. The minimum Gasteiger partial charge on any atom is -0.353 e. The van der Waals surface area contributed by atoms with E-state index in [2.05, 4.69) is 20.2 Å². The molecule has 1 N–H and O–H groups in total. The Morgan fingerprint density at radius 3 is 2.37 bits per heavy atom. The minimum absolute atomic E-state index is 0.00823. The van der Waals surface area contributed by atoms with E-state index in [0.29, 0.717) is 37.4 Å². The Hall–Kier alpha value is -2.68. The Bertz CT molecular complexity index is 907. The number of sulfone groups is 1. The highest BCUT2D eigenvalue weighted by Gasteiger charge is 2.22. The van der Waals surface area contributed by atoms with Gasteiger partial charge in [-0.05, 0) is 30.7 Å². The normalized spacial score (nSPS) is 14.9. The fourth-order valence-electron chi connectivity index (χ4n) is 2.95. The van der Waals surface area contributed by atoms with Crippen LogP contribution in [0, 0.1) is 6.92 Å². The third-order valence-electron chi connectivity index (χ3n) is 4.29. The molecule has 144 valence electrons. The molecule has 0 atom stereocenters. The Kier molecular flexibility index (Phi) is 5.59. The van der Waals surface area contributed by atoms with Crippen LogP contribution in [0.3, 0.4) is 0 Å². The van der Waals surface area contributed by atoms with E-state index in [1.807, 2.05) is 13.0 Å². The van der Waals surface area contributed by atoms with Crippen molar-refractivity contribution in [3.8, 4) is 0 Å². The predicted octanol–water partition coefficient (Wildman–Crippen LogP) is 1.68. The van der Waals surface area contributed by atoms with Crippen molar-refractivity contribution in [2.24, 2.45) is 0 Å². The number of hydrogen-bond acceptors (Lipinski definition) is 6. The molecule has 0 bridgehead atoms. The van der Waals surface area contributed by atoms with Crippen molar-refractivity contribution in [2.75, 3.05) is 42.7 Å². The van der Waals surface area contributed by atoms with Crippen LogP contribution in [0.25, 0.3) is 0 Å². The molecule has 1 aliphatic rings. The maximum atomic E-state index is 12.5. The van der Waals surface area contributed by atoms with E-state index in [4.69, 9.17) is 0 Å². The molecule has 3 rings (SSSR count). The Morgan fingerprint density at radius 1 is 1.11 bits per heavy atom. The summed E-state index contributed by atoms with van der Waals surface area (Å²) in [7, 11) is -3.07. The number of piperazine rings is 1. The zero-order valence-electron chi connectivity index (χ0n) is 15.4. The average Bonchev–Trinajstić information content (AvgIpc) is 2.62. The zero-order valence-corrected chi connectivity index (χ0v) is 16.2. The second-order valence-electron chi connectivity index (χ2n) is 6.63. The standard InChI is InChI=1S/C18H23N5O3S/c1-14-19-8-7-17(20-14)22-9-11-23(12-10-22)18(24)21-16-5-3-15(4-6-16)13-27(2,25)26/h3-8H,9-13H2,1-2H3,(H,21,24). The number of urea groups is 1. The number of nitrogens with one attached hydrogen (secondary N) is 1. The first-order chi connectivity index (χ1) is 12.8. The van der Waals surface area contributed by atoms with Gasteiger partial charge in [0.1, 0.15) is 11.6 Å². The van der Waals surface area contributed by atoms with Gasteiger partial charge in [-0.25, -0.2) is 23.2 Å². The summed E-state index contributed by atoms with van der Waals surface area (Å²) in [5, 5.41) is 2.86. The number of hydrogen-bond donors (Lipinski definition) is 1. The summed E-state index contributed by atoms with van der Waals surface area (Å²) in [5.74, 6) is 1.60. The van der Waals surface area contributed by atoms with Crippen LogP contribution in [0.15, 0.2) is 36.5 Å². The maximum absolute atomic E-state index is 12.5. The number of aryl methyl sites for hydroxylation is 1. The first-order valence-electron chi connectivity index (χ1n) is 8.67. The second kappa shape index (κ2) is 7.91. The van der Waals surface area contributed by atoms with Gasteiger partial charge < -0.3 is 15.1 Å². The molecule has 1 aromatic carbocycles. The fourth-order valence-corrected chi connectivity index (χ4v) is 3.75. The molecule has 1 aromatic heterocycles. The smallest absolute Gasteiger partial charge is 0.321 e. The van der Waals surface area contributed by atoms with Crippen molar-refractivity contribution in [1.82, 2.24) is 14.9 Å². The summed E-state index contributed by atoms with van der Waals surface area (Å²) < 4.78 is 22.7. The lowest BCUT2D eigenvalue weighted by molar-refractivity contribution is 0.208. The van der Waals surface area contributed by atoms with Gasteiger partial charge >= 0.3 is 6.03 Å². The summed E-state index contributed by atoms with van der Waals surface area (Å²) in [4.78, 5) is 24.9. The van der Waals surface area contributed by atoms with E-state index in [0.717, 1.165) is 11.6 Å². The van der Waals surface area contributed by atoms with Crippen molar-refractivity contribution >= 4 is 27.4 Å². The molecule has 2 aromatic rings. The van der Waals surface area contributed by atoms with Crippen molar-refractivity contribution < 1.29 is 13.2 Å². The number of amides is 2. The highest BCUT2D eigenvalue weighted by atomic mass is 32.2. The third-order valence-corrected chi connectivity index (χ3v) is 5.14. The van der Waals surface area contributed by atoms with Crippen molar-refractivity contribution in [1.29, 1.82) is 0 Å². The lowest BCUT2D eigenvalue weighted by Gasteiger charge is -2.35. The predicted molar refractivity (Wildman–Crippen MR) is 105 cm³/mol. The SMILES string of the molecule is Cc1nccc(N2CCN(C(=O)Nc3ccc(CS(C)(=O)=O)cc3)CC2)n1. The Balaban J connectivity index is 1.53. The van der Waals surface area contributed by atoms with Crippen LogP contribution in [0.1, 0.15) is 11.4 Å². The van der Waals surface area contributed by atoms with Gasteiger partial charge in [-0.1, -0.05) is 12.1 Å². The van der Waals surface area contributed by atoms with Crippen molar-refractivity contribution in [3.63, 3.8) is 0 Å². The van der Waals surface area contributed by atoms with E-state index in [1.165, 1.54) is 6.26 Å². The van der Waals surface area contributed by atoms with Crippen LogP contribution >= 0.6 is 0 Å². The number of benzene rings is 1. The molecular weight excluding hydrogens is 366 g/mol. The van der Waals surface area contributed by atoms with Crippen LogP contribution in [-0.4, -0.2) is 61.8 Å². The molecule has 8 nitrogen and oxygen atoms in total. The summed E-state index contributed by atoms with van der Waals surface area (Å²) >= 11 is 0. The van der Waals surface area contributed by atoms with Crippen LogP contribution in [0.4, 0.5) is 16.3 Å². The van der Waals surface area contributed by atoms with E-state index in [9.17, 15) is 13.2 Å². The van der Waals surface area contributed by atoms with Crippen molar-refractivity contribution in [2.45, 2.75) is 12.7 Å². The van der Waals surface area contributed by atoms with Gasteiger partial charge in [-0.15, -0.1) is 0 Å². The number of nitrogens with zero attached hydrogens (tertiary/aromatic N) is 4. The highest BCUT2D eigenvalue weighted by Crippen LogP contribution is 2.15. The molecular formula is C18H23N5O3S. The van der Waals surface area contributed by atoms with Gasteiger partial charge in [0, 0.05) is 44.3 Å². The molecule has 2 heterocycles. The average molecular weight is 389 g/mol. The van der Waals surface area contributed by atoms with Gasteiger partial charge in [0.15, 0.2) is 9.84 Å². The Morgan fingerprint density at radius 2 is 1.78 bits per heavy atom. The van der Waals surface area contributed by atoms with Gasteiger partial charge in [0.05, 0.1) is 5.75 Å². The van der Waals surface area contributed by atoms with E-state index in [-0.39, 0.29) is 11.8 Å². The number of carbonyl (C=O) groups excluding carboxylic acids is 1. The van der Waals surface area contributed by atoms with Crippen LogP contribution in [0.2, 0.25) is 0 Å². The summed E-state index contributed by atoms with van der Waals surface area (Å²) in [6.45, 7) is 4.46. The third kappa shape index (κ3) is 5.40. The van der Waals surface area contributed by atoms with Gasteiger partial charge in [0.25, 0.3) is 0 Å². The molecule has 0 spiro atoms. The maximum Gasteiger partial charge on any atom is 0.321 e. The molecule has 1 aliphatic heterocycles. The van der Waals surface area contributed by atoms with E-state index in [1.54, 1.807) is 35.4 Å². The Labute approximate surface area is 159 Å². The van der Waals surface area contributed by atoms with Crippen LogP contribution in [0.5, 0.6) is 0 Å². The molecule has 27 heavy (non-hydrogen) atoms. The lowest BCUT2D eigenvalue weighted by Crippen LogP contribution is -2.50. The van der Waals surface area contributed by atoms with Gasteiger partial charge in [0.2, 0.25) is 0 Å². The highest BCUT2D eigenvalue weighted by molar-refractivity contribution is 7.89. The molecule has 1 saturated heterocycles. The molecule has 0 saturated carbocycles. The summed E-state index contributed by atoms with van der Waals surface area (Å²) in [6, 6.07) is 8.58. The molecule has 0 radical (unpaired) electrons. The topological polar surface area (TPSA) is 95.5 Å². The quantitative estimate of drug-likeness (QED) is 0.855. The molecule has 9 heteroatoms. The number of carbonyl (C=O) groups is 1. The lowest BCUT2D eigenvalue weighted by atomic mass is 10.2. The molecule has 2 amide bonds. The van der Waals surface area contributed by atoms with E-state index >= 15 is 0 Å². The first kappa shape index (κ1) is 19.1. The monoisotopic (exact) mass is 389 g/mol. The summed E-state index contributed by atoms with van der Waals surface area (Å²) in [6.07, 6.45) is 2.94. The number of aromatic nitrogens is 2. The molecule has 0 aliphatic carbocycles. The van der Waals surface area contributed by atoms with E-state index < -0.39 is 9.84 Å². The zero-order chi connectivity index (χ0) is 19.4. The second-order valence-corrected chi connectivity index (χ2v) is 8.77. The molecule has 1 fully saturated rings. The van der Waals surface area contributed by atoms with Crippen LogP contribution < -0.4 is 10.2 Å². The molecule has 0 unspecified atom stereocenters. The first-order valence-corrected chi connectivity index (χ1v) is 10.7. The van der Waals surface area contributed by atoms with Crippen molar-refractivity contribution in [3.05, 3.63) is 47.9 Å². The van der Waals surface area contributed by atoms with Gasteiger partial charge in [-0.3, -0.25) is 0 Å². The van der Waals surface area contributed by atoms with Gasteiger partial charge in [-0.2, -0.15) is 0 Å². The minimum atomic E-state index is -3.07. The fraction of sp³-hybridized carbons (Fsp3) is 0.389. The largest absolute Gasteiger partial charge is 0.353 e.